The number of fused-ring (bicyclic) bond motifs is 4. The molecule has 7 rings (SSSR count). The Morgan fingerprint density at radius 1 is 1.00 bits per heavy atom. The van der Waals surface area contributed by atoms with Gasteiger partial charge < -0.3 is 25.4 Å². The van der Waals surface area contributed by atoms with Crippen LogP contribution in [0, 0.1) is 23.7 Å². The van der Waals surface area contributed by atoms with Gasteiger partial charge in [-0.1, -0.05) is 32.1 Å². The van der Waals surface area contributed by atoms with Crippen molar-refractivity contribution in [2.45, 2.75) is 101 Å². The fraction of sp³-hybridized carbons (Fsp3) is 0.647. The Balaban J connectivity index is 1.09. The molecule has 1 aromatic heterocycles. The van der Waals surface area contributed by atoms with Gasteiger partial charge in [0.2, 0.25) is 11.8 Å². The van der Waals surface area contributed by atoms with E-state index in [-0.39, 0.29) is 35.5 Å². The molecule has 0 radical (unpaired) electrons. The van der Waals surface area contributed by atoms with E-state index in [1.165, 1.54) is 6.42 Å². The number of rotatable bonds is 7. The first-order chi connectivity index (χ1) is 21.8. The maximum atomic E-state index is 14.1. The molecule has 45 heavy (non-hydrogen) atoms. The molecule has 3 saturated carbocycles. The van der Waals surface area contributed by atoms with E-state index in [2.05, 4.69) is 10.6 Å². The van der Waals surface area contributed by atoms with Crippen LogP contribution in [0.3, 0.4) is 0 Å². The summed E-state index contributed by atoms with van der Waals surface area (Å²) in [6.45, 7) is -0.225. The summed E-state index contributed by atoms with van der Waals surface area (Å²) in [5.41, 5.74) is 1.52. The molecule has 3 atom stereocenters. The fourth-order valence-corrected chi connectivity index (χ4v) is 9.07. The summed E-state index contributed by atoms with van der Waals surface area (Å²) in [5.74, 6) is -0.402. The zero-order valence-electron chi connectivity index (χ0n) is 25.6. The van der Waals surface area contributed by atoms with Crippen LogP contribution in [0.15, 0.2) is 24.3 Å². The first kappa shape index (κ1) is 30.0. The predicted molar refractivity (Wildman–Crippen MR) is 164 cm³/mol. The maximum Gasteiger partial charge on any atom is 0.404 e. The highest BCUT2D eigenvalue weighted by molar-refractivity contribution is 6.02. The van der Waals surface area contributed by atoms with E-state index < -0.39 is 30.6 Å². The van der Waals surface area contributed by atoms with Crippen LogP contribution in [0.5, 0.6) is 0 Å². The topological polar surface area (TPSA) is 130 Å². The van der Waals surface area contributed by atoms with Crippen molar-refractivity contribution in [1.82, 2.24) is 14.8 Å². The Kier molecular flexibility index (Phi) is 7.98. The summed E-state index contributed by atoms with van der Waals surface area (Å²) in [6, 6.07) is 6.23. The van der Waals surface area contributed by atoms with E-state index in [4.69, 9.17) is 9.84 Å². The molecule has 242 valence electrons. The summed E-state index contributed by atoms with van der Waals surface area (Å²) >= 11 is 0. The summed E-state index contributed by atoms with van der Waals surface area (Å²) in [5, 5.41) is 15.4. The largest absolute Gasteiger partial charge is 0.465 e. The Hall–Kier alpha value is -3.63. The van der Waals surface area contributed by atoms with Crippen molar-refractivity contribution in [2.75, 3.05) is 18.5 Å². The molecule has 3 amide bonds. The van der Waals surface area contributed by atoms with Crippen molar-refractivity contribution >= 4 is 40.5 Å². The van der Waals surface area contributed by atoms with Gasteiger partial charge in [0, 0.05) is 36.4 Å². The van der Waals surface area contributed by atoms with E-state index in [9.17, 15) is 23.6 Å². The number of alkyl halides is 1. The standard InChI is InChI=1S/C34H43FN4O6/c35-19-26(37-33(43)44)21-7-9-22(10-8-21)31(41)38-16-13-25(20-5-2-1-3-6-20)29(38)30(40)36-24-11-12-27-23(17-24)18-28-32(42)45-34(39(27)28)14-4-15-34/h11-12,17-18,20-22,25-26,29,37H,1-10,13-16,19H2,(H,36,40)(H,43,44)/t21?,22?,25-,26+,29-/m0/s1. The second-order valence-electron chi connectivity index (χ2n) is 14.0. The van der Waals surface area contributed by atoms with Gasteiger partial charge in [0.05, 0.1) is 11.6 Å². The molecule has 3 heterocycles. The minimum Gasteiger partial charge on any atom is -0.465 e. The Morgan fingerprint density at radius 2 is 1.76 bits per heavy atom. The summed E-state index contributed by atoms with van der Waals surface area (Å²) in [6.07, 6.45) is 10.1. The van der Waals surface area contributed by atoms with Crippen LogP contribution in [0.2, 0.25) is 0 Å². The monoisotopic (exact) mass is 622 g/mol. The van der Waals surface area contributed by atoms with Crippen LogP contribution in [0.25, 0.3) is 10.9 Å². The number of nitrogens with one attached hydrogen (secondary N) is 2. The molecule has 3 aliphatic carbocycles. The molecule has 3 N–H and O–H groups in total. The Bertz CT molecular complexity index is 1490. The molecule has 1 saturated heterocycles. The second kappa shape index (κ2) is 11.9. The third kappa shape index (κ3) is 5.35. The molecule has 5 aliphatic rings. The lowest BCUT2D eigenvalue weighted by atomic mass is 9.76. The van der Waals surface area contributed by atoms with E-state index >= 15 is 0 Å². The van der Waals surface area contributed by atoms with Crippen molar-refractivity contribution in [3.05, 3.63) is 30.0 Å². The number of anilines is 1. The zero-order chi connectivity index (χ0) is 31.3. The highest BCUT2D eigenvalue weighted by Crippen LogP contribution is 2.48. The lowest BCUT2D eigenvalue weighted by Crippen LogP contribution is -2.50. The second-order valence-corrected chi connectivity index (χ2v) is 14.0. The number of carbonyl (C=O) groups excluding carboxylic acids is 3. The molecule has 1 spiro atoms. The number of likely N-dealkylation sites (tertiary alicyclic amines) is 1. The minimum atomic E-state index is -1.24. The van der Waals surface area contributed by atoms with Gasteiger partial charge in [0.25, 0.3) is 0 Å². The van der Waals surface area contributed by atoms with Gasteiger partial charge in [0.15, 0.2) is 5.72 Å². The zero-order valence-corrected chi connectivity index (χ0v) is 25.6. The molecule has 0 unspecified atom stereocenters. The van der Waals surface area contributed by atoms with Crippen LogP contribution < -0.4 is 10.6 Å². The predicted octanol–water partition coefficient (Wildman–Crippen LogP) is 5.80. The molecular formula is C34H43FN4O6. The summed E-state index contributed by atoms with van der Waals surface area (Å²) in [7, 11) is 0. The van der Waals surface area contributed by atoms with E-state index in [0.29, 0.717) is 49.5 Å². The molecule has 2 aliphatic heterocycles. The quantitative estimate of drug-likeness (QED) is 0.335. The molecule has 1 aromatic carbocycles. The lowest BCUT2D eigenvalue weighted by Gasteiger charge is -2.38. The van der Waals surface area contributed by atoms with Gasteiger partial charge >= 0.3 is 12.1 Å². The summed E-state index contributed by atoms with van der Waals surface area (Å²) in [4.78, 5) is 53.7. The number of amides is 3. The Labute approximate surface area is 262 Å². The number of benzene rings is 1. The molecular weight excluding hydrogens is 579 g/mol. The van der Waals surface area contributed by atoms with Gasteiger partial charge in [-0.2, -0.15) is 0 Å². The van der Waals surface area contributed by atoms with Gasteiger partial charge in [-0.15, -0.1) is 0 Å². The third-order valence-electron chi connectivity index (χ3n) is 11.5. The number of esters is 1. The Morgan fingerprint density at radius 3 is 2.42 bits per heavy atom. The molecule has 2 aromatic rings. The number of halogens is 1. The molecule has 4 fully saturated rings. The van der Waals surface area contributed by atoms with E-state index in [0.717, 1.165) is 62.3 Å². The van der Waals surface area contributed by atoms with Gasteiger partial charge in [-0.3, -0.25) is 14.2 Å². The molecule has 10 nitrogen and oxygen atoms in total. The number of carboxylic acid groups (broad SMARTS) is 1. The fourth-order valence-electron chi connectivity index (χ4n) is 9.07. The highest BCUT2D eigenvalue weighted by Gasteiger charge is 2.51. The van der Waals surface area contributed by atoms with E-state index in [1.54, 1.807) is 0 Å². The van der Waals surface area contributed by atoms with Crippen molar-refractivity contribution in [3.8, 4) is 0 Å². The van der Waals surface area contributed by atoms with Gasteiger partial charge in [-0.05, 0) is 80.5 Å². The number of hydrogen-bond donors (Lipinski definition) is 3. The van der Waals surface area contributed by atoms with Crippen molar-refractivity contribution in [1.29, 1.82) is 0 Å². The van der Waals surface area contributed by atoms with Gasteiger partial charge in [0.1, 0.15) is 18.4 Å². The summed E-state index contributed by atoms with van der Waals surface area (Å²) < 4.78 is 21.3. The first-order valence-electron chi connectivity index (χ1n) is 16.8. The van der Waals surface area contributed by atoms with Crippen LogP contribution in [-0.2, 0) is 20.1 Å². The van der Waals surface area contributed by atoms with Crippen LogP contribution in [0.1, 0.15) is 94.0 Å². The number of ether oxygens (including phenoxy) is 1. The number of hydrogen-bond acceptors (Lipinski definition) is 5. The highest BCUT2D eigenvalue weighted by atomic mass is 19.1. The van der Waals surface area contributed by atoms with E-state index in [1.807, 2.05) is 33.7 Å². The minimum absolute atomic E-state index is 0.0153. The van der Waals surface area contributed by atoms with Crippen LogP contribution in [0.4, 0.5) is 14.9 Å². The number of carbonyl (C=O) groups is 4. The van der Waals surface area contributed by atoms with Gasteiger partial charge in [-0.25, -0.2) is 14.0 Å². The van der Waals surface area contributed by atoms with Crippen molar-refractivity contribution < 1.29 is 33.4 Å². The molecule has 11 heteroatoms. The SMILES string of the molecule is O=C(O)N[C@H](CF)C1CCC(C(=O)N2CC[C@@H](C3CCCCC3)[C@H]2C(=O)Nc2ccc3c(c2)cc2n3C3(CCC3)OC2=O)CC1. The van der Waals surface area contributed by atoms with Crippen LogP contribution >= 0.6 is 0 Å². The third-order valence-corrected chi connectivity index (χ3v) is 11.5. The smallest absolute Gasteiger partial charge is 0.404 e. The average Bonchev–Trinajstić information content (AvgIpc) is 3.72. The number of aromatic nitrogens is 1. The first-order valence-corrected chi connectivity index (χ1v) is 16.8. The van der Waals surface area contributed by atoms with Crippen LogP contribution in [-0.4, -0.2) is 63.8 Å². The lowest BCUT2D eigenvalue weighted by molar-refractivity contribution is -0.142. The average molecular weight is 623 g/mol. The normalized spacial score (nSPS) is 28.4. The maximum absolute atomic E-state index is 14.1. The van der Waals surface area contributed by atoms with Crippen molar-refractivity contribution in [2.24, 2.45) is 23.7 Å². The molecule has 0 bridgehead atoms. The number of nitrogens with zero attached hydrogens (tertiary/aromatic N) is 2. The van der Waals surface area contributed by atoms with Crippen molar-refractivity contribution in [3.63, 3.8) is 0 Å².